The van der Waals surface area contributed by atoms with Crippen LogP contribution in [-0.2, 0) is 0 Å². The summed E-state index contributed by atoms with van der Waals surface area (Å²) in [4.78, 5) is 18.6. The lowest BCUT2D eigenvalue weighted by Gasteiger charge is -2.01. The number of carbonyl (C=O) groups excluding carboxylic acids is 1. The molecule has 0 aliphatic carbocycles. The Balaban J connectivity index is 2.15. The maximum Gasteiger partial charge on any atom is 0.291 e. The van der Waals surface area contributed by atoms with E-state index in [1.165, 1.54) is 0 Å². The van der Waals surface area contributed by atoms with Gasteiger partial charge in [-0.3, -0.25) is 4.79 Å². The number of imidazole rings is 1. The van der Waals surface area contributed by atoms with Crippen molar-refractivity contribution in [1.82, 2.24) is 9.97 Å². The van der Waals surface area contributed by atoms with Crippen LogP contribution in [0.1, 0.15) is 10.6 Å². The topological polar surface area (TPSA) is 57.8 Å². The number of rotatable bonds is 2. The monoisotopic (exact) mass is 343 g/mol. The van der Waals surface area contributed by atoms with Gasteiger partial charge in [0, 0.05) is 5.69 Å². The summed E-state index contributed by atoms with van der Waals surface area (Å²) in [5.41, 5.74) is 0.733. The number of aromatic nitrogens is 2. The average Bonchev–Trinajstić information content (AvgIpc) is 2.61. The van der Waals surface area contributed by atoms with Crippen molar-refractivity contribution in [2.75, 3.05) is 5.32 Å². The van der Waals surface area contributed by atoms with E-state index in [9.17, 15) is 4.79 Å². The molecule has 0 aliphatic rings. The molecule has 2 rings (SSSR count). The largest absolute Gasteiger partial charge is 0.328 e. The molecule has 4 nitrogen and oxygen atoms in total. The Hall–Kier alpha value is -1.14. The predicted octanol–water partition coefficient (Wildman–Crippen LogP) is 3.19. The van der Waals surface area contributed by atoms with E-state index in [4.69, 9.17) is 0 Å². The quantitative estimate of drug-likeness (QED) is 0.879. The maximum atomic E-state index is 11.7. The summed E-state index contributed by atoms with van der Waals surface area (Å²) in [5.74, 6) is -0.0276. The SMILES string of the molecule is O=C(Nc1ccccc1)c1nc(Br)c(Br)[nH]1. The lowest BCUT2D eigenvalue weighted by Crippen LogP contribution is -2.13. The number of amides is 1. The number of carbonyl (C=O) groups is 1. The van der Waals surface area contributed by atoms with Crippen LogP contribution >= 0.6 is 31.9 Å². The highest BCUT2D eigenvalue weighted by Crippen LogP contribution is 2.19. The van der Waals surface area contributed by atoms with Crippen LogP contribution in [0.4, 0.5) is 5.69 Å². The Morgan fingerprint density at radius 2 is 1.94 bits per heavy atom. The predicted molar refractivity (Wildman–Crippen MR) is 68.4 cm³/mol. The fourth-order valence-electron chi connectivity index (χ4n) is 1.15. The molecule has 2 aromatic rings. The van der Waals surface area contributed by atoms with Gasteiger partial charge in [0.1, 0.15) is 9.21 Å². The molecule has 1 aromatic carbocycles. The smallest absolute Gasteiger partial charge is 0.291 e. The second-order valence-corrected chi connectivity index (χ2v) is 4.55. The minimum Gasteiger partial charge on any atom is -0.328 e. The van der Waals surface area contributed by atoms with Crippen molar-refractivity contribution in [3.05, 3.63) is 45.4 Å². The average molecular weight is 345 g/mol. The number of hydrogen-bond donors (Lipinski definition) is 2. The first-order chi connectivity index (χ1) is 7.66. The van der Waals surface area contributed by atoms with Crippen molar-refractivity contribution >= 4 is 43.5 Å². The number of hydrogen-bond acceptors (Lipinski definition) is 2. The first-order valence-electron chi connectivity index (χ1n) is 4.44. The van der Waals surface area contributed by atoms with E-state index < -0.39 is 0 Å². The summed E-state index contributed by atoms with van der Waals surface area (Å²) in [5, 5.41) is 2.72. The molecule has 0 bridgehead atoms. The molecule has 1 amide bonds. The number of aromatic amines is 1. The Labute approximate surface area is 109 Å². The molecule has 0 saturated heterocycles. The van der Waals surface area contributed by atoms with Crippen molar-refractivity contribution in [3.8, 4) is 0 Å². The molecule has 82 valence electrons. The van der Waals surface area contributed by atoms with Gasteiger partial charge >= 0.3 is 0 Å². The molecule has 1 aromatic heterocycles. The highest BCUT2D eigenvalue weighted by Gasteiger charge is 2.12. The van der Waals surface area contributed by atoms with Gasteiger partial charge in [-0.2, -0.15) is 0 Å². The molecule has 0 fully saturated rings. The fraction of sp³-hybridized carbons (Fsp3) is 0. The normalized spacial score (nSPS) is 10.1. The van der Waals surface area contributed by atoms with Gasteiger partial charge in [-0.25, -0.2) is 4.98 Å². The molecule has 1 heterocycles. The lowest BCUT2D eigenvalue weighted by molar-refractivity contribution is 0.101. The van der Waals surface area contributed by atoms with Gasteiger partial charge in [0.2, 0.25) is 0 Å². The number of H-pyrrole nitrogens is 1. The van der Waals surface area contributed by atoms with Crippen LogP contribution in [-0.4, -0.2) is 15.9 Å². The van der Waals surface area contributed by atoms with Gasteiger partial charge in [-0.15, -0.1) is 0 Å². The highest BCUT2D eigenvalue weighted by molar-refractivity contribution is 9.13. The van der Waals surface area contributed by atoms with Gasteiger partial charge in [0.25, 0.3) is 5.91 Å². The standard InChI is InChI=1S/C10H7Br2N3O/c11-7-8(12)15-9(14-7)10(16)13-6-4-2-1-3-5-6/h1-5H,(H,13,16)(H,14,15). The summed E-state index contributed by atoms with van der Waals surface area (Å²) in [6.07, 6.45) is 0. The Bertz CT molecular complexity index is 491. The van der Waals surface area contributed by atoms with Gasteiger partial charge in [0.15, 0.2) is 5.82 Å². The van der Waals surface area contributed by atoms with Gasteiger partial charge < -0.3 is 10.3 Å². The zero-order valence-electron chi connectivity index (χ0n) is 8.00. The Morgan fingerprint density at radius 3 is 2.50 bits per heavy atom. The molecule has 0 atom stereocenters. The van der Waals surface area contributed by atoms with Crippen molar-refractivity contribution in [2.45, 2.75) is 0 Å². The molecular formula is C10H7Br2N3O. The third-order valence-electron chi connectivity index (χ3n) is 1.87. The summed E-state index contributed by atoms with van der Waals surface area (Å²) in [7, 11) is 0. The molecule has 16 heavy (non-hydrogen) atoms. The number of para-hydroxylation sites is 1. The van der Waals surface area contributed by atoms with Crippen molar-refractivity contribution in [2.24, 2.45) is 0 Å². The van der Waals surface area contributed by atoms with E-state index >= 15 is 0 Å². The van der Waals surface area contributed by atoms with Crippen molar-refractivity contribution in [3.63, 3.8) is 0 Å². The van der Waals surface area contributed by atoms with Gasteiger partial charge in [-0.05, 0) is 44.0 Å². The first-order valence-corrected chi connectivity index (χ1v) is 6.03. The van der Waals surface area contributed by atoms with Crippen LogP contribution in [0.3, 0.4) is 0 Å². The van der Waals surface area contributed by atoms with E-state index in [2.05, 4.69) is 47.1 Å². The second kappa shape index (κ2) is 4.80. The van der Waals surface area contributed by atoms with Crippen LogP contribution in [0, 0.1) is 0 Å². The molecule has 0 aliphatic heterocycles. The van der Waals surface area contributed by atoms with E-state index in [0.717, 1.165) is 5.69 Å². The summed E-state index contributed by atoms with van der Waals surface area (Å²) >= 11 is 6.43. The van der Waals surface area contributed by atoms with E-state index in [0.29, 0.717) is 9.21 Å². The van der Waals surface area contributed by atoms with Crippen LogP contribution in [0.2, 0.25) is 0 Å². The van der Waals surface area contributed by atoms with E-state index in [-0.39, 0.29) is 11.7 Å². The van der Waals surface area contributed by atoms with Crippen LogP contribution in [0.5, 0.6) is 0 Å². The molecular weight excluding hydrogens is 338 g/mol. The first kappa shape index (κ1) is 11.3. The number of halogens is 2. The molecule has 0 radical (unpaired) electrons. The highest BCUT2D eigenvalue weighted by atomic mass is 79.9. The lowest BCUT2D eigenvalue weighted by atomic mass is 10.3. The molecule has 2 N–H and O–H groups in total. The fourth-order valence-corrected chi connectivity index (χ4v) is 1.70. The summed E-state index contributed by atoms with van der Waals surface area (Å²) in [6, 6.07) is 9.21. The minimum atomic E-state index is -0.280. The van der Waals surface area contributed by atoms with E-state index in [1.807, 2.05) is 30.3 Å². The van der Waals surface area contributed by atoms with E-state index in [1.54, 1.807) is 0 Å². The Kier molecular flexibility index (Phi) is 3.40. The summed E-state index contributed by atoms with van der Waals surface area (Å²) in [6.45, 7) is 0. The zero-order valence-corrected chi connectivity index (χ0v) is 11.2. The third-order valence-corrected chi connectivity index (χ3v) is 3.55. The molecule has 6 heteroatoms. The zero-order chi connectivity index (χ0) is 11.5. The van der Waals surface area contributed by atoms with Crippen LogP contribution < -0.4 is 5.32 Å². The number of anilines is 1. The molecule has 0 spiro atoms. The molecule has 0 unspecified atom stereocenters. The number of nitrogens with one attached hydrogen (secondary N) is 2. The van der Waals surface area contributed by atoms with Crippen molar-refractivity contribution in [1.29, 1.82) is 0 Å². The van der Waals surface area contributed by atoms with Crippen molar-refractivity contribution < 1.29 is 4.79 Å². The van der Waals surface area contributed by atoms with Crippen LogP contribution in [0.25, 0.3) is 0 Å². The number of nitrogens with zero attached hydrogens (tertiary/aromatic N) is 1. The second-order valence-electron chi connectivity index (χ2n) is 3.01. The molecule has 0 saturated carbocycles. The van der Waals surface area contributed by atoms with Gasteiger partial charge in [0.05, 0.1) is 0 Å². The Morgan fingerprint density at radius 1 is 1.25 bits per heavy atom. The minimum absolute atomic E-state index is 0.252. The summed E-state index contributed by atoms with van der Waals surface area (Å²) < 4.78 is 1.22. The third kappa shape index (κ3) is 2.51. The number of benzene rings is 1. The van der Waals surface area contributed by atoms with Crippen LogP contribution in [0.15, 0.2) is 39.5 Å². The van der Waals surface area contributed by atoms with Gasteiger partial charge in [-0.1, -0.05) is 18.2 Å². The maximum absolute atomic E-state index is 11.7.